The van der Waals surface area contributed by atoms with Crippen LogP contribution in [0.5, 0.6) is 17.2 Å². The zero-order chi connectivity index (χ0) is 32.4. The van der Waals surface area contributed by atoms with Crippen molar-refractivity contribution in [1.82, 2.24) is 0 Å². The maximum atomic E-state index is 15.0. The van der Waals surface area contributed by atoms with E-state index in [1.54, 1.807) is 90.8 Å². The van der Waals surface area contributed by atoms with E-state index in [0.29, 0.717) is 33.2 Å². The Kier molecular flexibility index (Phi) is 7.16. The summed E-state index contributed by atoms with van der Waals surface area (Å²) in [7, 11) is 0.624. The highest BCUT2D eigenvalue weighted by Crippen LogP contribution is 2.58. The van der Waals surface area contributed by atoms with Gasteiger partial charge >= 0.3 is 6.18 Å². The third-order valence-corrected chi connectivity index (χ3v) is 11.7. The third-order valence-electron chi connectivity index (χ3n) is 8.90. The molecule has 1 atom stereocenters. The molecule has 0 fully saturated rings. The van der Waals surface area contributed by atoms with Crippen LogP contribution < -0.4 is 29.7 Å². The first-order chi connectivity index (χ1) is 21.3. The molecular weight excluding hydrogens is 602 g/mol. The molecule has 6 nitrogen and oxygen atoms in total. The van der Waals surface area contributed by atoms with E-state index >= 15 is 0 Å². The van der Waals surface area contributed by atoms with Crippen molar-refractivity contribution in [2.45, 2.75) is 31.2 Å². The normalized spacial score (nSPS) is 18.3. The van der Waals surface area contributed by atoms with Gasteiger partial charge in [0.15, 0.2) is 0 Å². The van der Waals surface area contributed by atoms with E-state index in [2.05, 4.69) is 0 Å². The molecule has 6 rings (SSSR count). The Bertz CT molecular complexity index is 1850. The van der Waals surface area contributed by atoms with Crippen molar-refractivity contribution in [3.05, 3.63) is 113 Å². The highest BCUT2D eigenvalue weighted by molar-refractivity contribution is 7.93. The Hall–Kier alpha value is -4.49. The van der Waals surface area contributed by atoms with E-state index in [9.17, 15) is 22.5 Å². The van der Waals surface area contributed by atoms with Crippen molar-refractivity contribution in [3.8, 4) is 17.2 Å². The van der Waals surface area contributed by atoms with Gasteiger partial charge in [-0.3, -0.25) is 4.79 Å². The molecule has 0 saturated carbocycles. The minimum absolute atomic E-state index is 0.00358. The maximum Gasteiger partial charge on any atom is 0.416 e. The molecule has 45 heavy (non-hydrogen) atoms. The van der Waals surface area contributed by atoms with Crippen LogP contribution in [0.1, 0.15) is 40.9 Å². The van der Waals surface area contributed by atoms with Gasteiger partial charge in [-0.1, -0.05) is 60.7 Å². The summed E-state index contributed by atoms with van der Waals surface area (Å²) < 4.78 is 74.3. The van der Waals surface area contributed by atoms with E-state index in [1.807, 2.05) is 13.8 Å². The van der Waals surface area contributed by atoms with Crippen molar-refractivity contribution < 1.29 is 36.7 Å². The second kappa shape index (κ2) is 10.6. The van der Waals surface area contributed by atoms with Crippen LogP contribution in [0, 0.1) is 0 Å². The van der Waals surface area contributed by atoms with Crippen molar-refractivity contribution in [2.24, 2.45) is 0 Å². The number of alkyl halides is 3. The minimum atomic E-state index is -4.50. The van der Waals surface area contributed by atoms with Gasteiger partial charge in [-0.2, -0.15) is 13.2 Å². The Morgan fingerprint density at radius 3 is 2.02 bits per heavy atom. The van der Waals surface area contributed by atoms with Gasteiger partial charge in [0, 0.05) is 29.4 Å². The van der Waals surface area contributed by atoms with Crippen molar-refractivity contribution in [1.29, 1.82) is 0 Å². The number of carbonyl (C=O) groups is 1. The molecule has 2 aliphatic heterocycles. The van der Waals surface area contributed by atoms with Gasteiger partial charge in [0.05, 0.1) is 30.8 Å². The van der Waals surface area contributed by atoms with Gasteiger partial charge in [-0.25, -0.2) is 0 Å². The summed E-state index contributed by atoms with van der Waals surface area (Å²) in [5, 5.41) is 0.721. The largest absolute Gasteiger partial charge is 0.496 e. The van der Waals surface area contributed by atoms with Gasteiger partial charge in [0.2, 0.25) is 18.4 Å². The smallest absolute Gasteiger partial charge is 0.416 e. The molecule has 2 aliphatic rings. The lowest BCUT2D eigenvalue weighted by molar-refractivity contribution is -0.137. The molecule has 4 aromatic rings. The van der Waals surface area contributed by atoms with Gasteiger partial charge in [0.1, 0.15) is 22.8 Å². The highest BCUT2D eigenvalue weighted by Gasteiger charge is 2.58. The molecule has 0 N–H and O–H groups in total. The fourth-order valence-corrected chi connectivity index (χ4v) is 8.95. The number of carbonyl (C=O) groups excluding carboxylic acids is 1. The lowest BCUT2D eigenvalue weighted by Gasteiger charge is -2.46. The van der Waals surface area contributed by atoms with Crippen LogP contribution in [0.15, 0.2) is 91.0 Å². The van der Waals surface area contributed by atoms with E-state index in [-0.39, 0.29) is 17.1 Å². The number of anilines is 1. The fraction of sp³-hybridized carbons (Fsp3) is 0.229. The van der Waals surface area contributed by atoms with Crippen LogP contribution in [0.25, 0.3) is 6.08 Å². The zero-order valence-electron chi connectivity index (χ0n) is 25.3. The third kappa shape index (κ3) is 4.39. The molecule has 0 aromatic heterocycles. The highest BCUT2D eigenvalue weighted by atomic mass is 31.2. The number of ether oxygens (including phenoxy) is 3. The van der Waals surface area contributed by atoms with Gasteiger partial charge in [-0.05, 0) is 49.8 Å². The van der Waals surface area contributed by atoms with E-state index in [0.717, 1.165) is 6.07 Å². The van der Waals surface area contributed by atoms with Crippen molar-refractivity contribution in [3.63, 3.8) is 0 Å². The monoisotopic (exact) mass is 633 g/mol. The Morgan fingerprint density at radius 1 is 0.889 bits per heavy atom. The van der Waals surface area contributed by atoms with Gasteiger partial charge < -0.3 is 23.7 Å². The number of rotatable bonds is 6. The lowest BCUT2D eigenvalue weighted by atomic mass is 9.76. The molecule has 232 valence electrons. The van der Waals surface area contributed by atoms with Crippen LogP contribution in [-0.4, -0.2) is 32.5 Å². The van der Waals surface area contributed by atoms with E-state index in [1.165, 1.54) is 26.4 Å². The van der Waals surface area contributed by atoms with Crippen LogP contribution in [0.2, 0.25) is 0 Å². The summed E-state index contributed by atoms with van der Waals surface area (Å²) in [6, 6.07) is 22.4. The molecule has 0 bridgehead atoms. The number of hydrogen-bond acceptors (Lipinski definition) is 6. The molecule has 1 unspecified atom stereocenters. The summed E-state index contributed by atoms with van der Waals surface area (Å²) >= 11 is 0. The molecular formula is C35H31F3NO5P. The van der Waals surface area contributed by atoms with E-state index in [4.69, 9.17) is 14.2 Å². The predicted molar refractivity (Wildman–Crippen MR) is 169 cm³/mol. The number of halogens is 3. The average Bonchev–Trinajstić information content (AvgIpc) is 3.20. The second-order valence-electron chi connectivity index (χ2n) is 11.5. The van der Waals surface area contributed by atoms with Crippen LogP contribution >= 0.6 is 7.14 Å². The van der Waals surface area contributed by atoms with Gasteiger partial charge in [0.25, 0.3) is 0 Å². The van der Waals surface area contributed by atoms with Crippen molar-refractivity contribution >= 4 is 35.0 Å². The Morgan fingerprint density at radius 2 is 1.49 bits per heavy atom. The minimum Gasteiger partial charge on any atom is -0.496 e. The molecule has 0 amide bonds. The standard InChI is InChI=1S/C35H31F3NO5P/c1-33(2)26-20-22(35(36,37)38)16-17-27(26)39(3)34(33)19-18-25-28(44-34)21-29(42-4)30(31(25)43-5)32(40)45(41,23-12-8-6-9-13-23)24-14-10-7-11-15-24/h6-21H,1-5H3. The second-order valence-corrected chi connectivity index (χ2v) is 14.2. The maximum absolute atomic E-state index is 15.0. The molecule has 0 saturated heterocycles. The summed E-state index contributed by atoms with van der Waals surface area (Å²) in [6.07, 6.45) is -1.00. The zero-order valence-corrected chi connectivity index (χ0v) is 26.2. The Labute approximate surface area is 259 Å². The molecule has 1 spiro atoms. The van der Waals surface area contributed by atoms with Gasteiger partial charge in [-0.15, -0.1) is 0 Å². The summed E-state index contributed by atoms with van der Waals surface area (Å²) in [5.41, 5.74) is -2.10. The van der Waals surface area contributed by atoms with Crippen LogP contribution in [0.3, 0.4) is 0 Å². The molecule has 4 aromatic carbocycles. The SMILES string of the molecule is COc1cc2c(c(OC)c1C(=O)P(=O)(c1ccccc1)c1ccccc1)C=CC1(O2)N(C)c2ccc(C(F)(F)F)cc2C1(C)C. The Balaban J connectivity index is 1.51. The molecule has 0 aliphatic carbocycles. The molecule has 0 radical (unpaired) electrons. The first kappa shape index (κ1) is 30.5. The predicted octanol–water partition coefficient (Wildman–Crippen LogP) is 7.41. The first-order valence-electron chi connectivity index (χ1n) is 14.2. The number of methoxy groups -OCH3 is 2. The lowest BCUT2D eigenvalue weighted by Crippen LogP contribution is -2.58. The van der Waals surface area contributed by atoms with Crippen molar-refractivity contribution in [2.75, 3.05) is 26.2 Å². The summed E-state index contributed by atoms with van der Waals surface area (Å²) in [4.78, 5) is 16.4. The number of likely N-dealkylation sites (N-methyl/N-ethyl adjacent to an activating group) is 1. The topological polar surface area (TPSA) is 65.1 Å². The first-order valence-corrected chi connectivity index (χ1v) is 15.9. The van der Waals surface area contributed by atoms with E-state index < -0.39 is 35.5 Å². The molecule has 10 heteroatoms. The quantitative estimate of drug-likeness (QED) is 0.206. The molecule has 2 heterocycles. The number of benzene rings is 4. The average molecular weight is 634 g/mol. The number of fused-ring (bicyclic) bond motifs is 2. The van der Waals surface area contributed by atoms with Crippen LogP contribution in [-0.2, 0) is 16.2 Å². The van der Waals surface area contributed by atoms with Crippen LogP contribution in [0.4, 0.5) is 18.9 Å². The summed E-state index contributed by atoms with van der Waals surface area (Å²) in [6.45, 7) is 3.65. The fourth-order valence-electron chi connectivity index (χ4n) is 6.47. The number of hydrogen-bond donors (Lipinski definition) is 0. The number of nitrogens with zero attached hydrogens (tertiary/aromatic N) is 1. The summed E-state index contributed by atoms with van der Waals surface area (Å²) in [5.74, 6) is 0.493.